The number of fused-ring (bicyclic) bond motifs is 3. The van der Waals surface area contributed by atoms with Gasteiger partial charge in [0.1, 0.15) is 11.9 Å². The van der Waals surface area contributed by atoms with Crippen LogP contribution in [-0.4, -0.2) is 38.3 Å². The highest BCUT2D eigenvalue weighted by atomic mass is 19.1. The number of anilines is 3. The van der Waals surface area contributed by atoms with Gasteiger partial charge in [-0.05, 0) is 42.8 Å². The number of carbonyl (C=O) groups excluding carboxylic acids is 1. The number of aryl methyl sites for hydroxylation is 1. The lowest BCUT2D eigenvalue weighted by Crippen LogP contribution is -2.23. The molecule has 178 valence electrons. The lowest BCUT2D eigenvalue weighted by Gasteiger charge is -2.21. The van der Waals surface area contributed by atoms with Crippen LogP contribution in [0.15, 0.2) is 37.1 Å². The molecule has 0 saturated carbocycles. The minimum atomic E-state index is -0.600. The van der Waals surface area contributed by atoms with Crippen LogP contribution in [0.4, 0.5) is 26.4 Å². The van der Waals surface area contributed by atoms with E-state index >= 15 is 4.39 Å². The predicted molar refractivity (Wildman–Crippen MR) is 131 cm³/mol. The van der Waals surface area contributed by atoms with Crippen molar-refractivity contribution >= 4 is 34.1 Å². The maximum absolute atomic E-state index is 15.4. The van der Waals surface area contributed by atoms with Crippen molar-refractivity contribution < 1.29 is 13.9 Å². The number of nitrogens with one attached hydrogen (secondary N) is 2. The Balaban J connectivity index is 1.29. The zero-order chi connectivity index (χ0) is 24.1. The first-order chi connectivity index (χ1) is 17.0. The molecule has 0 radical (unpaired) electrons. The zero-order valence-electron chi connectivity index (χ0n) is 19.1. The molecule has 5 heterocycles. The SMILES string of the molecule is Cc1c(-c2cc3cc(NC(=O)OC4Cc5cncn5C4)ncc3c(N)c2F)cnc2c1NCCC2. The number of nitrogens with two attached hydrogens (primary N) is 1. The van der Waals surface area contributed by atoms with E-state index in [1.165, 1.54) is 6.20 Å². The molecule has 6 rings (SSSR count). The van der Waals surface area contributed by atoms with Crippen molar-refractivity contribution in [3.63, 3.8) is 0 Å². The van der Waals surface area contributed by atoms with Gasteiger partial charge < -0.3 is 20.4 Å². The zero-order valence-corrected chi connectivity index (χ0v) is 19.1. The Morgan fingerprint density at radius 2 is 2.14 bits per heavy atom. The standard InChI is InChI=1S/C25H24FN7O2/c1-13-18(9-30-20-3-2-4-29-24(13)20)17-5-14-6-21(31-10-19(14)23(27)22(17)26)32-25(34)35-16-7-15-8-28-12-33(15)11-16/h5-6,8-10,12,16,29H,2-4,7,11,27H2,1H3,(H,31,32,34). The van der Waals surface area contributed by atoms with Crippen molar-refractivity contribution in [1.82, 2.24) is 19.5 Å². The summed E-state index contributed by atoms with van der Waals surface area (Å²) in [6.07, 6.45) is 8.31. The van der Waals surface area contributed by atoms with E-state index in [0.717, 1.165) is 42.0 Å². The quantitative estimate of drug-likeness (QED) is 0.384. The second-order valence-corrected chi connectivity index (χ2v) is 8.99. The first-order valence-corrected chi connectivity index (χ1v) is 11.5. The van der Waals surface area contributed by atoms with Gasteiger partial charge in [-0.1, -0.05) is 0 Å². The number of hydrogen-bond acceptors (Lipinski definition) is 7. The number of aromatic nitrogens is 4. The fourth-order valence-electron chi connectivity index (χ4n) is 4.95. The highest BCUT2D eigenvalue weighted by Crippen LogP contribution is 2.38. The van der Waals surface area contributed by atoms with Crippen molar-refractivity contribution in [2.45, 2.75) is 38.8 Å². The van der Waals surface area contributed by atoms with Crippen LogP contribution in [0.3, 0.4) is 0 Å². The molecule has 0 aliphatic carbocycles. The fourth-order valence-corrected chi connectivity index (χ4v) is 4.95. The Kier molecular flexibility index (Phi) is 5.01. The van der Waals surface area contributed by atoms with Crippen molar-refractivity contribution in [2.24, 2.45) is 0 Å². The summed E-state index contributed by atoms with van der Waals surface area (Å²) >= 11 is 0. The van der Waals surface area contributed by atoms with E-state index in [4.69, 9.17) is 10.5 Å². The van der Waals surface area contributed by atoms with Gasteiger partial charge in [0, 0.05) is 53.8 Å². The summed E-state index contributed by atoms with van der Waals surface area (Å²) in [6, 6.07) is 3.38. The van der Waals surface area contributed by atoms with E-state index in [2.05, 4.69) is 25.6 Å². The Hall–Kier alpha value is -4.21. The van der Waals surface area contributed by atoms with Crippen LogP contribution < -0.4 is 16.4 Å². The summed E-state index contributed by atoms with van der Waals surface area (Å²) in [5, 5.41) is 7.17. The molecule has 1 atom stereocenters. The molecule has 2 aliphatic heterocycles. The average Bonchev–Trinajstić information content (AvgIpc) is 3.44. The number of ether oxygens (including phenoxy) is 1. The number of nitrogen functional groups attached to an aromatic ring is 1. The molecule has 0 spiro atoms. The summed E-state index contributed by atoms with van der Waals surface area (Å²) in [7, 11) is 0. The van der Waals surface area contributed by atoms with Crippen LogP contribution >= 0.6 is 0 Å². The van der Waals surface area contributed by atoms with Crippen molar-refractivity contribution in [3.8, 4) is 11.1 Å². The molecule has 4 aromatic rings. The first-order valence-electron chi connectivity index (χ1n) is 11.5. The van der Waals surface area contributed by atoms with Crippen LogP contribution in [0.1, 0.15) is 23.4 Å². The third-order valence-electron chi connectivity index (χ3n) is 6.74. The molecule has 2 aliphatic rings. The number of halogens is 1. The normalized spacial score (nSPS) is 16.5. The number of amides is 1. The van der Waals surface area contributed by atoms with Gasteiger partial charge >= 0.3 is 6.09 Å². The maximum Gasteiger partial charge on any atom is 0.413 e. The maximum atomic E-state index is 15.4. The summed E-state index contributed by atoms with van der Waals surface area (Å²) in [6.45, 7) is 3.39. The summed E-state index contributed by atoms with van der Waals surface area (Å²) in [4.78, 5) is 25.3. The van der Waals surface area contributed by atoms with E-state index in [1.807, 2.05) is 11.5 Å². The summed E-state index contributed by atoms with van der Waals surface area (Å²) in [5.74, 6) is -0.222. The number of carbonyl (C=O) groups is 1. The van der Waals surface area contributed by atoms with E-state index in [9.17, 15) is 4.79 Å². The number of benzene rings is 1. The van der Waals surface area contributed by atoms with Crippen molar-refractivity contribution in [1.29, 1.82) is 0 Å². The number of nitrogens with zero attached hydrogens (tertiary/aromatic N) is 4. The molecular weight excluding hydrogens is 449 g/mol. The fraction of sp³-hybridized carbons (Fsp3) is 0.280. The van der Waals surface area contributed by atoms with E-state index in [-0.39, 0.29) is 11.8 Å². The molecule has 4 N–H and O–H groups in total. The Labute approximate surface area is 200 Å². The summed E-state index contributed by atoms with van der Waals surface area (Å²) in [5.41, 5.74) is 11.1. The van der Waals surface area contributed by atoms with Crippen LogP contribution in [0.25, 0.3) is 21.9 Å². The molecule has 3 aromatic heterocycles. The molecule has 0 fully saturated rings. The Morgan fingerprint density at radius 3 is 3.00 bits per heavy atom. The highest BCUT2D eigenvalue weighted by Gasteiger charge is 2.25. The van der Waals surface area contributed by atoms with Crippen LogP contribution in [0, 0.1) is 12.7 Å². The van der Waals surface area contributed by atoms with Crippen LogP contribution in [-0.2, 0) is 24.1 Å². The van der Waals surface area contributed by atoms with Gasteiger partial charge in [0.15, 0.2) is 5.82 Å². The van der Waals surface area contributed by atoms with Crippen LogP contribution in [0.2, 0.25) is 0 Å². The van der Waals surface area contributed by atoms with Gasteiger partial charge in [0.25, 0.3) is 0 Å². The first kappa shape index (κ1) is 21.3. The van der Waals surface area contributed by atoms with E-state index in [0.29, 0.717) is 40.7 Å². The van der Waals surface area contributed by atoms with Crippen molar-refractivity contribution in [2.75, 3.05) is 22.9 Å². The van der Waals surface area contributed by atoms with E-state index < -0.39 is 11.9 Å². The molecule has 10 heteroatoms. The minimum absolute atomic E-state index is 0.00527. The number of imidazole rings is 1. The van der Waals surface area contributed by atoms with Crippen molar-refractivity contribution in [3.05, 3.63) is 59.8 Å². The monoisotopic (exact) mass is 473 g/mol. The Bertz CT molecular complexity index is 1460. The topological polar surface area (TPSA) is 120 Å². The molecule has 9 nitrogen and oxygen atoms in total. The second-order valence-electron chi connectivity index (χ2n) is 8.99. The average molecular weight is 474 g/mol. The smallest absolute Gasteiger partial charge is 0.413 e. The lowest BCUT2D eigenvalue weighted by molar-refractivity contribution is 0.111. The number of rotatable bonds is 3. The number of pyridine rings is 2. The Morgan fingerprint density at radius 1 is 1.26 bits per heavy atom. The minimum Gasteiger partial charge on any atom is -0.444 e. The third-order valence-corrected chi connectivity index (χ3v) is 6.74. The molecule has 0 bridgehead atoms. The van der Waals surface area contributed by atoms with Gasteiger partial charge in [0.2, 0.25) is 0 Å². The van der Waals surface area contributed by atoms with E-state index in [1.54, 1.807) is 30.9 Å². The van der Waals surface area contributed by atoms with Crippen LogP contribution in [0.5, 0.6) is 0 Å². The largest absolute Gasteiger partial charge is 0.444 e. The summed E-state index contributed by atoms with van der Waals surface area (Å²) < 4.78 is 22.8. The molecule has 1 unspecified atom stereocenters. The molecule has 35 heavy (non-hydrogen) atoms. The van der Waals surface area contributed by atoms with Gasteiger partial charge in [-0.2, -0.15) is 0 Å². The third kappa shape index (κ3) is 3.71. The second kappa shape index (κ2) is 8.23. The number of hydrogen-bond donors (Lipinski definition) is 3. The molecular formula is C25H24FN7O2. The molecule has 0 saturated heterocycles. The van der Waals surface area contributed by atoms with Gasteiger partial charge in [-0.15, -0.1) is 0 Å². The van der Waals surface area contributed by atoms with Gasteiger partial charge in [-0.25, -0.2) is 19.2 Å². The predicted octanol–water partition coefficient (Wildman–Crippen LogP) is 4.05. The van der Waals surface area contributed by atoms with Gasteiger partial charge in [0.05, 0.1) is 29.9 Å². The molecule has 1 aromatic carbocycles. The van der Waals surface area contributed by atoms with Gasteiger partial charge in [-0.3, -0.25) is 10.3 Å². The molecule has 1 amide bonds. The lowest BCUT2D eigenvalue weighted by atomic mass is 9.95. The highest BCUT2D eigenvalue weighted by molar-refractivity contribution is 5.99.